The molecule has 7 heteroatoms. The fraction of sp³-hybridized carbons (Fsp3) is 0.833. The molecule has 0 aromatic carbocycles. The lowest BCUT2D eigenvalue weighted by molar-refractivity contribution is -0.142. The third kappa shape index (κ3) is 7.15. The Morgan fingerprint density at radius 3 is 2.05 bits per heavy atom. The zero-order valence-electron chi connectivity index (χ0n) is 11.8. The summed E-state index contributed by atoms with van der Waals surface area (Å²) in [6.45, 7) is 6.74. The minimum atomic E-state index is -3.45. The summed E-state index contributed by atoms with van der Waals surface area (Å²) >= 11 is 0. The number of rotatable bonds is 8. The van der Waals surface area contributed by atoms with Gasteiger partial charge in [-0.2, -0.15) is 0 Å². The van der Waals surface area contributed by atoms with E-state index in [-0.39, 0.29) is 12.5 Å². The topological polar surface area (TPSA) is 101 Å². The molecule has 0 saturated carbocycles. The second kappa shape index (κ2) is 7.47. The minimum absolute atomic E-state index is 0.0417. The van der Waals surface area contributed by atoms with Gasteiger partial charge in [0.15, 0.2) is 9.84 Å². The Morgan fingerprint density at radius 1 is 1.16 bits per heavy atom. The molecule has 2 N–H and O–H groups in total. The molecule has 0 aromatic heterocycles. The van der Waals surface area contributed by atoms with Gasteiger partial charge in [0.05, 0.1) is 11.2 Å². The number of aliphatic carboxylic acids is 1. The van der Waals surface area contributed by atoms with E-state index in [1.54, 1.807) is 0 Å². The van der Waals surface area contributed by atoms with Gasteiger partial charge < -0.3 is 10.4 Å². The number of carbonyl (C=O) groups is 2. The Labute approximate surface area is 114 Å². The molecular weight excluding hydrogens is 270 g/mol. The largest absolute Gasteiger partial charge is 0.481 e. The summed E-state index contributed by atoms with van der Waals surface area (Å²) in [4.78, 5) is 22.5. The van der Waals surface area contributed by atoms with E-state index >= 15 is 0 Å². The van der Waals surface area contributed by atoms with E-state index in [0.717, 1.165) is 0 Å². The van der Waals surface area contributed by atoms with Crippen LogP contribution in [0.15, 0.2) is 0 Å². The molecule has 112 valence electrons. The second-order valence-corrected chi connectivity index (χ2v) is 7.88. The molecule has 0 spiro atoms. The van der Waals surface area contributed by atoms with E-state index < -0.39 is 38.6 Å². The molecule has 6 nitrogen and oxygen atoms in total. The number of carboxylic acid groups (broad SMARTS) is 1. The Bertz CT molecular complexity index is 414. The monoisotopic (exact) mass is 293 g/mol. The summed E-state index contributed by atoms with van der Waals surface area (Å²) in [5, 5.41) is 10.7. The molecule has 0 aromatic rings. The van der Waals surface area contributed by atoms with Gasteiger partial charge in [-0.15, -0.1) is 0 Å². The first-order chi connectivity index (χ1) is 8.56. The van der Waals surface area contributed by atoms with Crippen LogP contribution in [0.4, 0.5) is 0 Å². The first kappa shape index (κ1) is 17.9. The van der Waals surface area contributed by atoms with Crippen LogP contribution in [0.5, 0.6) is 0 Å². The minimum Gasteiger partial charge on any atom is -0.481 e. The molecule has 0 rings (SSSR count). The lowest BCUT2D eigenvalue weighted by Crippen LogP contribution is -2.38. The molecule has 0 aliphatic carbocycles. The van der Waals surface area contributed by atoms with Crippen LogP contribution in [0.1, 0.15) is 34.1 Å². The van der Waals surface area contributed by atoms with Crippen LogP contribution in [-0.4, -0.2) is 42.9 Å². The standard InChI is InChI=1S/C12H23NO5S/c1-8(2)5-10(12(15)16)6-13-11(14)7-19(17,18)9(3)4/h8-10H,5-7H2,1-4H3,(H,13,14)(H,15,16). The van der Waals surface area contributed by atoms with E-state index in [1.807, 2.05) is 13.8 Å². The van der Waals surface area contributed by atoms with E-state index in [1.165, 1.54) is 13.8 Å². The van der Waals surface area contributed by atoms with Gasteiger partial charge in [0, 0.05) is 6.54 Å². The van der Waals surface area contributed by atoms with Crippen molar-refractivity contribution in [3.05, 3.63) is 0 Å². The maximum atomic E-state index is 11.5. The van der Waals surface area contributed by atoms with Crippen LogP contribution >= 0.6 is 0 Å². The van der Waals surface area contributed by atoms with Crippen molar-refractivity contribution < 1.29 is 23.1 Å². The van der Waals surface area contributed by atoms with Crippen LogP contribution < -0.4 is 5.32 Å². The molecule has 19 heavy (non-hydrogen) atoms. The molecule has 0 saturated heterocycles. The fourth-order valence-corrected chi connectivity index (χ4v) is 2.28. The lowest BCUT2D eigenvalue weighted by atomic mass is 9.97. The number of hydrogen-bond donors (Lipinski definition) is 2. The van der Waals surface area contributed by atoms with Crippen molar-refractivity contribution in [2.45, 2.75) is 39.4 Å². The Kier molecular flexibility index (Phi) is 7.04. The SMILES string of the molecule is CC(C)CC(CNC(=O)CS(=O)(=O)C(C)C)C(=O)O. The fourth-order valence-electron chi connectivity index (χ4n) is 1.48. The van der Waals surface area contributed by atoms with Crippen molar-refractivity contribution in [1.29, 1.82) is 0 Å². The number of carbonyl (C=O) groups excluding carboxylic acids is 1. The third-order valence-electron chi connectivity index (χ3n) is 2.70. The molecule has 0 aliphatic rings. The molecule has 0 aliphatic heterocycles. The Hall–Kier alpha value is -1.11. The Morgan fingerprint density at radius 2 is 1.68 bits per heavy atom. The third-order valence-corrected chi connectivity index (χ3v) is 4.80. The van der Waals surface area contributed by atoms with Gasteiger partial charge in [0.25, 0.3) is 0 Å². The summed E-state index contributed by atoms with van der Waals surface area (Å²) in [6, 6.07) is 0. The highest BCUT2D eigenvalue weighted by molar-refractivity contribution is 7.92. The second-order valence-electron chi connectivity index (χ2n) is 5.32. The predicted molar refractivity (Wildman–Crippen MR) is 72.5 cm³/mol. The number of carboxylic acids is 1. The first-order valence-electron chi connectivity index (χ1n) is 6.27. The summed E-state index contributed by atoms with van der Waals surface area (Å²) in [5.41, 5.74) is 0. The first-order valence-corrected chi connectivity index (χ1v) is 7.98. The molecular formula is C12H23NO5S. The molecule has 0 bridgehead atoms. The summed E-state index contributed by atoms with van der Waals surface area (Å²) in [7, 11) is -3.45. The van der Waals surface area contributed by atoms with Gasteiger partial charge >= 0.3 is 5.97 Å². The summed E-state index contributed by atoms with van der Waals surface area (Å²) in [5.74, 6) is -2.73. The average Bonchev–Trinajstić information content (AvgIpc) is 2.22. The van der Waals surface area contributed by atoms with Gasteiger partial charge in [-0.25, -0.2) is 8.42 Å². The average molecular weight is 293 g/mol. The van der Waals surface area contributed by atoms with Crippen LogP contribution in [0.3, 0.4) is 0 Å². The van der Waals surface area contributed by atoms with Crippen molar-refractivity contribution >= 4 is 21.7 Å². The summed E-state index contributed by atoms with van der Waals surface area (Å²) < 4.78 is 23.0. The molecule has 0 fully saturated rings. The van der Waals surface area contributed by atoms with Crippen molar-refractivity contribution in [3.8, 4) is 0 Å². The molecule has 1 unspecified atom stereocenters. The molecule has 0 heterocycles. The predicted octanol–water partition coefficient (Wildman–Crippen LogP) is 0.673. The number of hydrogen-bond acceptors (Lipinski definition) is 4. The van der Waals surface area contributed by atoms with Gasteiger partial charge in [-0.05, 0) is 26.2 Å². The maximum absolute atomic E-state index is 11.5. The number of amides is 1. The smallest absolute Gasteiger partial charge is 0.308 e. The van der Waals surface area contributed by atoms with Crippen molar-refractivity contribution in [2.24, 2.45) is 11.8 Å². The molecule has 1 amide bonds. The van der Waals surface area contributed by atoms with E-state index in [4.69, 9.17) is 5.11 Å². The van der Waals surface area contributed by atoms with Crippen molar-refractivity contribution in [2.75, 3.05) is 12.3 Å². The highest BCUT2D eigenvalue weighted by Gasteiger charge is 2.23. The highest BCUT2D eigenvalue weighted by Crippen LogP contribution is 2.11. The van der Waals surface area contributed by atoms with Crippen LogP contribution in [0.25, 0.3) is 0 Å². The van der Waals surface area contributed by atoms with E-state index in [9.17, 15) is 18.0 Å². The van der Waals surface area contributed by atoms with Crippen LogP contribution in [-0.2, 0) is 19.4 Å². The quantitative estimate of drug-likeness (QED) is 0.685. The normalized spacial score (nSPS) is 13.6. The molecule has 1 atom stereocenters. The van der Waals surface area contributed by atoms with Gasteiger partial charge in [-0.3, -0.25) is 9.59 Å². The summed E-state index contributed by atoms with van der Waals surface area (Å²) in [6.07, 6.45) is 0.437. The van der Waals surface area contributed by atoms with Crippen molar-refractivity contribution in [1.82, 2.24) is 5.32 Å². The van der Waals surface area contributed by atoms with Gasteiger partial charge in [0.2, 0.25) is 5.91 Å². The van der Waals surface area contributed by atoms with Gasteiger partial charge in [-0.1, -0.05) is 13.8 Å². The van der Waals surface area contributed by atoms with E-state index in [2.05, 4.69) is 5.32 Å². The zero-order valence-corrected chi connectivity index (χ0v) is 12.7. The maximum Gasteiger partial charge on any atom is 0.308 e. The van der Waals surface area contributed by atoms with Crippen molar-refractivity contribution in [3.63, 3.8) is 0 Å². The Balaban J connectivity index is 4.38. The highest BCUT2D eigenvalue weighted by atomic mass is 32.2. The van der Waals surface area contributed by atoms with Gasteiger partial charge in [0.1, 0.15) is 5.75 Å². The van der Waals surface area contributed by atoms with E-state index in [0.29, 0.717) is 6.42 Å². The number of sulfone groups is 1. The van der Waals surface area contributed by atoms with Crippen LogP contribution in [0, 0.1) is 11.8 Å². The lowest BCUT2D eigenvalue weighted by Gasteiger charge is -2.15. The molecule has 0 radical (unpaired) electrons. The number of nitrogens with one attached hydrogen (secondary N) is 1. The zero-order chi connectivity index (χ0) is 15.2. The van der Waals surface area contributed by atoms with Crippen LogP contribution in [0.2, 0.25) is 0 Å².